The van der Waals surface area contributed by atoms with Crippen molar-refractivity contribution >= 4 is 72.0 Å². The van der Waals surface area contributed by atoms with Gasteiger partial charge < -0.3 is 18.3 Å². The molecule has 0 radical (unpaired) electrons. The van der Waals surface area contributed by atoms with Gasteiger partial charge in [-0.25, -0.2) is 10.4 Å². The predicted molar refractivity (Wildman–Crippen MR) is 262 cm³/mol. The van der Waals surface area contributed by atoms with Crippen molar-refractivity contribution in [2.45, 2.75) is 31.0 Å². The molecule has 0 saturated carbocycles. The van der Waals surface area contributed by atoms with Crippen LogP contribution in [0.2, 0.25) is 0 Å². The van der Waals surface area contributed by atoms with E-state index in [1.54, 1.807) is 0 Å². The van der Waals surface area contributed by atoms with E-state index in [9.17, 15) is 0 Å². The molecular formula is C57H43N5O2. The number of furan rings is 1. The number of aliphatic imine (C=N–C) groups is 1. The van der Waals surface area contributed by atoms with Gasteiger partial charge >= 0.3 is 0 Å². The summed E-state index contributed by atoms with van der Waals surface area (Å²) in [4.78, 5) is 4.56. The van der Waals surface area contributed by atoms with E-state index in [1.807, 2.05) is 30.3 Å². The Bertz CT molecular complexity index is 3680. The number of nitrogens with two attached hydrogens (primary N) is 1. The number of allylic oxidation sites excluding steroid dienone is 2. The quantitative estimate of drug-likeness (QED) is 0.134. The average Bonchev–Trinajstić information content (AvgIpc) is 3.51. The van der Waals surface area contributed by atoms with Gasteiger partial charge in [-0.2, -0.15) is 0 Å². The van der Waals surface area contributed by atoms with Crippen molar-refractivity contribution in [1.82, 2.24) is 14.6 Å². The first kappa shape index (κ1) is 36.9. The molecule has 3 aromatic heterocycles. The molecule has 2 aliphatic carbocycles. The molecule has 0 saturated heterocycles. The van der Waals surface area contributed by atoms with Gasteiger partial charge in [-0.15, -0.1) is 0 Å². The van der Waals surface area contributed by atoms with Crippen LogP contribution in [0, 0.1) is 0 Å². The lowest BCUT2D eigenvalue weighted by Crippen LogP contribution is -2.44. The molecular weight excluding hydrogens is 787 g/mol. The molecule has 7 aromatic carbocycles. The maximum atomic E-state index is 6.48. The fourth-order valence-corrected chi connectivity index (χ4v) is 10.5. The average molecular weight is 830 g/mol. The molecule has 0 fully saturated rings. The molecule has 4 aliphatic rings. The molecule has 0 spiro atoms. The smallest absolute Gasteiger partial charge is 0.191 e. The number of aromatic nitrogens is 2. The standard InChI is InChI=1S/C43H28N2O2.C14H15N3/c1-44-36-17-15-25(19-30(36)32-21-34-28-11-5-7-13-40(28)46-42(34)23-38(32)44)26-16-18-37-31(20-26)33-22-35-29-12-6-8-14-41(29)47-43(35)24-39(33)45(37)27-9-3-2-4-10-27;15-17-14(12-9-5-2-6-10-12)13(16-14)11-7-3-1-4-8-11/h2-23,43H,24H2,1H3;1,3-5,7-10,17H,2,6,15H2. The van der Waals surface area contributed by atoms with E-state index < -0.39 is 5.66 Å². The molecule has 7 nitrogen and oxygen atoms in total. The topological polar surface area (TPSA) is 82.6 Å². The van der Waals surface area contributed by atoms with Gasteiger partial charge in [-0.1, -0.05) is 115 Å². The van der Waals surface area contributed by atoms with Crippen LogP contribution in [0.4, 0.5) is 0 Å². The number of hydrogen-bond donors (Lipinski definition) is 2. The third kappa shape index (κ3) is 5.58. The Morgan fingerprint density at radius 2 is 1.39 bits per heavy atom. The van der Waals surface area contributed by atoms with Gasteiger partial charge in [0.05, 0.1) is 16.7 Å². The van der Waals surface area contributed by atoms with E-state index in [0.717, 1.165) is 63.8 Å². The fourth-order valence-electron chi connectivity index (χ4n) is 10.5. The van der Waals surface area contributed by atoms with E-state index in [4.69, 9.17) is 15.0 Å². The molecule has 2 aliphatic heterocycles. The van der Waals surface area contributed by atoms with E-state index in [-0.39, 0.29) is 6.10 Å². The number of aryl methyl sites for hydroxylation is 1. The van der Waals surface area contributed by atoms with Crippen LogP contribution < -0.4 is 16.0 Å². The van der Waals surface area contributed by atoms with Gasteiger partial charge in [-0.3, -0.25) is 5.84 Å². The SMILES string of the molecule is Cn1c2ccc(-c3ccc4c(c3)c3c(n4-c4ccccc4)CC4Oc5ccccc5C4=C3)cc2c2cc3c(cc21)oc1ccccc13.NNC1(C2=CCCC=C2)N=C1c1ccccc1. The summed E-state index contributed by atoms with van der Waals surface area (Å²) in [6.45, 7) is 0. The van der Waals surface area contributed by atoms with E-state index in [1.165, 1.54) is 71.9 Å². The zero-order valence-electron chi connectivity index (χ0n) is 35.3. The lowest BCUT2D eigenvalue weighted by Gasteiger charge is -2.20. The van der Waals surface area contributed by atoms with Crippen molar-refractivity contribution in [3.05, 3.63) is 204 Å². The summed E-state index contributed by atoms with van der Waals surface area (Å²) in [5, 5.41) is 6.07. The Kier molecular flexibility index (Phi) is 8.16. The Morgan fingerprint density at radius 3 is 2.20 bits per heavy atom. The van der Waals surface area contributed by atoms with E-state index >= 15 is 0 Å². The number of benzene rings is 7. The van der Waals surface area contributed by atoms with Crippen LogP contribution in [0.25, 0.3) is 83.1 Å². The second kappa shape index (κ2) is 14.2. The molecule has 7 heteroatoms. The summed E-state index contributed by atoms with van der Waals surface area (Å²) in [5.74, 6) is 6.67. The lowest BCUT2D eigenvalue weighted by atomic mass is 9.90. The van der Waals surface area contributed by atoms with Gasteiger partial charge in [0.2, 0.25) is 0 Å². The molecule has 308 valence electrons. The highest BCUT2D eigenvalue weighted by molar-refractivity contribution is 6.19. The van der Waals surface area contributed by atoms with Crippen LogP contribution in [0.5, 0.6) is 5.75 Å². The fraction of sp³-hybridized carbons (Fsp3) is 0.105. The van der Waals surface area contributed by atoms with Crippen LogP contribution in [-0.4, -0.2) is 26.6 Å². The Balaban J connectivity index is 0.000000204. The van der Waals surface area contributed by atoms with Gasteiger partial charge in [0.1, 0.15) is 23.0 Å². The highest BCUT2D eigenvalue weighted by atomic mass is 16.5. The van der Waals surface area contributed by atoms with E-state index in [0.29, 0.717) is 0 Å². The van der Waals surface area contributed by atoms with E-state index in [2.05, 4.69) is 178 Å². The zero-order chi connectivity index (χ0) is 42.5. The van der Waals surface area contributed by atoms with Gasteiger partial charge in [-0.05, 0) is 95.8 Å². The number of hydrazine groups is 1. The number of fused-ring (bicyclic) bond motifs is 12. The van der Waals surface area contributed by atoms with Crippen LogP contribution in [0.1, 0.15) is 35.2 Å². The minimum absolute atomic E-state index is 0.0266. The maximum Gasteiger partial charge on any atom is 0.191 e. The van der Waals surface area contributed by atoms with Crippen molar-refractivity contribution in [3.8, 4) is 22.6 Å². The highest BCUT2D eigenvalue weighted by Crippen LogP contribution is 2.47. The Hall–Kier alpha value is -7.71. The van der Waals surface area contributed by atoms with Crippen LogP contribution >= 0.6 is 0 Å². The van der Waals surface area contributed by atoms with Crippen molar-refractivity contribution in [3.63, 3.8) is 0 Å². The van der Waals surface area contributed by atoms with Gasteiger partial charge in [0, 0.05) is 80.1 Å². The largest absolute Gasteiger partial charge is 0.485 e. The molecule has 2 unspecified atom stereocenters. The Morgan fingerprint density at radius 1 is 0.656 bits per heavy atom. The van der Waals surface area contributed by atoms with Crippen LogP contribution in [0.3, 0.4) is 0 Å². The normalized spacial score (nSPS) is 18.3. The number of para-hydroxylation sites is 3. The molecule has 64 heavy (non-hydrogen) atoms. The molecule has 10 aromatic rings. The lowest BCUT2D eigenvalue weighted by molar-refractivity contribution is 0.274. The number of nitrogens with one attached hydrogen (secondary N) is 1. The highest BCUT2D eigenvalue weighted by Gasteiger charge is 2.49. The van der Waals surface area contributed by atoms with Crippen molar-refractivity contribution in [2.24, 2.45) is 17.9 Å². The number of rotatable bonds is 5. The Labute approximate surface area is 369 Å². The summed E-state index contributed by atoms with van der Waals surface area (Å²) < 4.78 is 17.4. The second-order valence-electron chi connectivity index (χ2n) is 17.2. The summed E-state index contributed by atoms with van der Waals surface area (Å²) in [6.07, 6.45) is 11.9. The zero-order valence-corrected chi connectivity index (χ0v) is 35.3. The third-order valence-electron chi connectivity index (χ3n) is 13.7. The molecule has 3 N–H and O–H groups in total. The summed E-state index contributed by atoms with van der Waals surface area (Å²) >= 11 is 0. The summed E-state index contributed by atoms with van der Waals surface area (Å²) in [5.41, 5.74) is 19.8. The number of hydrogen-bond acceptors (Lipinski definition) is 5. The summed E-state index contributed by atoms with van der Waals surface area (Å²) in [6, 6.07) is 56.0. The maximum absolute atomic E-state index is 6.48. The van der Waals surface area contributed by atoms with Crippen LogP contribution in [0.15, 0.2) is 191 Å². The van der Waals surface area contributed by atoms with Crippen molar-refractivity contribution in [1.29, 1.82) is 0 Å². The monoisotopic (exact) mass is 829 g/mol. The van der Waals surface area contributed by atoms with Gasteiger partial charge in [0.15, 0.2) is 5.66 Å². The van der Waals surface area contributed by atoms with Crippen LogP contribution in [-0.2, 0) is 13.5 Å². The first-order valence-electron chi connectivity index (χ1n) is 22.1. The molecule has 2 atom stereocenters. The molecule has 0 bridgehead atoms. The number of ether oxygens (including phenoxy) is 1. The second-order valence-corrected chi connectivity index (χ2v) is 17.2. The predicted octanol–water partition coefficient (Wildman–Crippen LogP) is 12.6. The minimum atomic E-state index is -0.474. The van der Waals surface area contributed by atoms with Crippen molar-refractivity contribution < 1.29 is 9.15 Å². The molecule has 5 heterocycles. The van der Waals surface area contributed by atoms with Gasteiger partial charge in [0.25, 0.3) is 0 Å². The van der Waals surface area contributed by atoms with Crippen molar-refractivity contribution in [2.75, 3.05) is 0 Å². The molecule has 0 amide bonds. The first-order chi connectivity index (χ1) is 31.6. The number of nitrogens with zero attached hydrogens (tertiary/aromatic N) is 3. The third-order valence-corrected chi connectivity index (χ3v) is 13.7. The molecule has 14 rings (SSSR count). The summed E-state index contributed by atoms with van der Waals surface area (Å²) in [7, 11) is 2.15. The first-order valence-corrected chi connectivity index (χ1v) is 22.1. The minimum Gasteiger partial charge on any atom is -0.485 e.